The van der Waals surface area contributed by atoms with Crippen molar-refractivity contribution in [3.05, 3.63) is 7.43 Å². The Labute approximate surface area is 221 Å². The van der Waals surface area contributed by atoms with Gasteiger partial charge in [0.1, 0.15) is 0 Å². The average molecular weight is 522 g/mol. The molecule has 0 saturated heterocycles. The second-order valence-electron chi connectivity index (χ2n) is 6.47. The molecule has 9 heteroatoms. The van der Waals surface area contributed by atoms with Crippen LogP contribution in [0.4, 0.5) is 0 Å². The standard InChI is InChI=1S/4C6H12N2.CH3.Ni/c4*1-5(7-3)6(2)8-4;;/h4*1-4H3;1H3;/q;;;;-1;. The Kier molecular flexibility index (Phi) is 41.2. The minimum Gasteiger partial charge on any atom is -0.358 e. The Hall–Kier alpha value is -2.15. The van der Waals surface area contributed by atoms with Crippen LogP contribution in [0.5, 0.6) is 0 Å². The molecule has 0 radical (unpaired) electrons. The molecule has 0 N–H and O–H groups in total. The zero-order valence-corrected chi connectivity index (χ0v) is 25.9. The second kappa shape index (κ2) is 30.9. The summed E-state index contributed by atoms with van der Waals surface area (Å²) >= 11 is 0. The topological polar surface area (TPSA) is 98.9 Å². The molecule has 0 saturated carbocycles. The van der Waals surface area contributed by atoms with E-state index in [0.717, 1.165) is 45.7 Å². The Morgan fingerprint density at radius 3 is 0.353 bits per heavy atom. The maximum absolute atomic E-state index is 3.95. The summed E-state index contributed by atoms with van der Waals surface area (Å²) in [6, 6.07) is 0. The Bertz CT molecular complexity index is 561. The van der Waals surface area contributed by atoms with Crippen molar-refractivity contribution >= 4 is 45.7 Å². The van der Waals surface area contributed by atoms with Crippen molar-refractivity contribution in [2.24, 2.45) is 39.9 Å². The van der Waals surface area contributed by atoms with Crippen LogP contribution in [0, 0.1) is 7.43 Å². The van der Waals surface area contributed by atoms with Crippen molar-refractivity contribution in [2.45, 2.75) is 55.4 Å². The first kappa shape index (κ1) is 45.4. The first-order valence-electron chi connectivity index (χ1n) is 10.4. The summed E-state index contributed by atoms with van der Waals surface area (Å²) in [5.74, 6) is 0. The molecule has 0 bridgehead atoms. The van der Waals surface area contributed by atoms with Gasteiger partial charge in [-0.15, -0.1) is 0 Å². The van der Waals surface area contributed by atoms with Gasteiger partial charge in [0.25, 0.3) is 0 Å². The van der Waals surface area contributed by atoms with Crippen molar-refractivity contribution in [3.63, 3.8) is 0 Å². The van der Waals surface area contributed by atoms with Crippen LogP contribution in [0.25, 0.3) is 0 Å². The van der Waals surface area contributed by atoms with Crippen LogP contribution < -0.4 is 0 Å². The van der Waals surface area contributed by atoms with Crippen LogP contribution in [0.3, 0.4) is 0 Å². The molecule has 0 aliphatic carbocycles. The summed E-state index contributed by atoms with van der Waals surface area (Å²) < 4.78 is 0. The van der Waals surface area contributed by atoms with Crippen LogP contribution in [0.2, 0.25) is 0 Å². The normalized spacial score (nSPS) is 13.6. The zero-order valence-electron chi connectivity index (χ0n) is 24.9. The maximum Gasteiger partial charge on any atom is 0.0520 e. The van der Waals surface area contributed by atoms with E-state index in [1.54, 1.807) is 56.4 Å². The molecule has 0 heterocycles. The molecule has 0 unspecified atom stereocenters. The fraction of sp³-hybridized carbons (Fsp3) is 0.640. The molecule has 8 nitrogen and oxygen atoms in total. The predicted molar refractivity (Wildman–Crippen MR) is 159 cm³/mol. The third-order valence-electron chi connectivity index (χ3n) is 4.78. The molecule has 0 aromatic carbocycles. The summed E-state index contributed by atoms with van der Waals surface area (Å²) in [6.07, 6.45) is 0. The van der Waals surface area contributed by atoms with Crippen LogP contribution in [0.1, 0.15) is 55.4 Å². The number of nitrogens with zero attached hydrogens (tertiary/aromatic N) is 8. The largest absolute Gasteiger partial charge is 0.358 e. The number of aliphatic imine (C=N–C) groups is 8. The van der Waals surface area contributed by atoms with Gasteiger partial charge in [-0.05, 0) is 55.4 Å². The fourth-order valence-corrected chi connectivity index (χ4v) is 1.29. The number of hydrogen-bond donors (Lipinski definition) is 0. The first-order chi connectivity index (χ1) is 14.9. The summed E-state index contributed by atoms with van der Waals surface area (Å²) in [7, 11) is 14.1. The van der Waals surface area contributed by atoms with E-state index in [-0.39, 0.29) is 23.9 Å². The Morgan fingerprint density at radius 1 is 0.265 bits per heavy atom. The monoisotopic (exact) mass is 521 g/mol. The number of hydrogen-bond acceptors (Lipinski definition) is 8. The second-order valence-corrected chi connectivity index (χ2v) is 6.47. The van der Waals surface area contributed by atoms with Gasteiger partial charge >= 0.3 is 0 Å². The molecule has 202 valence electrons. The van der Waals surface area contributed by atoms with Gasteiger partial charge in [-0.25, -0.2) is 0 Å². The summed E-state index contributed by atoms with van der Waals surface area (Å²) in [5.41, 5.74) is 8.06. The number of rotatable bonds is 4. The van der Waals surface area contributed by atoms with Crippen LogP contribution in [-0.4, -0.2) is 102 Å². The van der Waals surface area contributed by atoms with E-state index in [2.05, 4.69) is 39.9 Å². The van der Waals surface area contributed by atoms with Crippen LogP contribution >= 0.6 is 0 Å². The minimum atomic E-state index is 0. The minimum absolute atomic E-state index is 0. The van der Waals surface area contributed by atoms with Gasteiger partial charge in [0, 0.05) is 72.9 Å². The van der Waals surface area contributed by atoms with E-state index in [1.807, 2.05) is 55.4 Å². The molecular formula is C25H51N8Ni-. The molecule has 0 atom stereocenters. The fourth-order valence-electron chi connectivity index (χ4n) is 1.29. The molecule has 0 aliphatic heterocycles. The van der Waals surface area contributed by atoms with Gasteiger partial charge in [0.05, 0.1) is 45.7 Å². The van der Waals surface area contributed by atoms with E-state index in [4.69, 9.17) is 0 Å². The molecule has 0 spiro atoms. The van der Waals surface area contributed by atoms with Crippen LogP contribution in [-0.2, 0) is 16.5 Å². The van der Waals surface area contributed by atoms with E-state index in [9.17, 15) is 0 Å². The maximum atomic E-state index is 3.95. The van der Waals surface area contributed by atoms with Crippen molar-refractivity contribution in [2.75, 3.05) is 56.4 Å². The van der Waals surface area contributed by atoms with Crippen molar-refractivity contribution in [1.82, 2.24) is 0 Å². The zero-order chi connectivity index (χ0) is 26.3. The average Bonchev–Trinajstić information content (AvgIpc) is 2.85. The van der Waals surface area contributed by atoms with Crippen LogP contribution in [0.15, 0.2) is 39.9 Å². The summed E-state index contributed by atoms with van der Waals surface area (Å²) in [5, 5.41) is 0. The van der Waals surface area contributed by atoms with Crippen molar-refractivity contribution < 1.29 is 16.5 Å². The third kappa shape index (κ3) is 27.9. The van der Waals surface area contributed by atoms with Gasteiger partial charge in [-0.2, -0.15) is 0 Å². The smallest absolute Gasteiger partial charge is 0.0520 e. The van der Waals surface area contributed by atoms with Crippen molar-refractivity contribution in [1.29, 1.82) is 0 Å². The quantitative estimate of drug-likeness (QED) is 0.278. The van der Waals surface area contributed by atoms with E-state index >= 15 is 0 Å². The Morgan fingerprint density at radius 2 is 0.324 bits per heavy atom. The van der Waals surface area contributed by atoms with Gasteiger partial charge < -0.3 is 7.43 Å². The molecule has 34 heavy (non-hydrogen) atoms. The molecule has 0 amide bonds. The van der Waals surface area contributed by atoms with Gasteiger partial charge in [-0.1, -0.05) is 0 Å². The molecule has 0 aromatic rings. The SMILES string of the molecule is CN=C(C)C(C)=NC.CN=C(C)C(C)=NC.CN=C(C)C(C)=NC.CN=C(C)C(C)=NC.[CH3-].[Ni]. The summed E-state index contributed by atoms with van der Waals surface area (Å²) in [4.78, 5) is 31.6. The van der Waals surface area contributed by atoms with Gasteiger partial charge in [-0.3, -0.25) is 39.9 Å². The van der Waals surface area contributed by atoms with Crippen molar-refractivity contribution in [3.8, 4) is 0 Å². The molecule has 0 aromatic heterocycles. The third-order valence-corrected chi connectivity index (χ3v) is 4.78. The van der Waals surface area contributed by atoms with E-state index < -0.39 is 0 Å². The van der Waals surface area contributed by atoms with E-state index in [1.165, 1.54) is 0 Å². The Balaban J connectivity index is -0.0000000754. The van der Waals surface area contributed by atoms with Gasteiger partial charge in [0.15, 0.2) is 0 Å². The van der Waals surface area contributed by atoms with E-state index in [0.29, 0.717) is 0 Å². The summed E-state index contributed by atoms with van der Waals surface area (Å²) in [6.45, 7) is 15.6. The predicted octanol–water partition coefficient (Wildman–Crippen LogP) is 5.12. The van der Waals surface area contributed by atoms with Gasteiger partial charge in [0.2, 0.25) is 0 Å². The first-order valence-corrected chi connectivity index (χ1v) is 10.4. The molecule has 0 aliphatic rings. The molecule has 0 rings (SSSR count). The molecular weight excluding hydrogens is 471 g/mol. The molecule has 0 fully saturated rings.